The van der Waals surface area contributed by atoms with Gasteiger partial charge >= 0.3 is 5.97 Å². The lowest BCUT2D eigenvalue weighted by Gasteiger charge is -2.24. The second kappa shape index (κ2) is 9.87. The summed E-state index contributed by atoms with van der Waals surface area (Å²) in [6.07, 6.45) is 1.67. The molecule has 0 spiro atoms. The molecular formula is C23H23BrN2O5. The summed E-state index contributed by atoms with van der Waals surface area (Å²) >= 11 is 3.36. The molecule has 0 aromatic heterocycles. The van der Waals surface area contributed by atoms with Crippen molar-refractivity contribution in [2.24, 2.45) is 0 Å². The lowest BCUT2D eigenvalue weighted by atomic mass is 10.1. The molecule has 2 aromatic rings. The van der Waals surface area contributed by atoms with Crippen molar-refractivity contribution < 1.29 is 23.9 Å². The van der Waals surface area contributed by atoms with E-state index in [2.05, 4.69) is 21.2 Å². The van der Waals surface area contributed by atoms with Crippen molar-refractivity contribution in [2.75, 3.05) is 11.9 Å². The van der Waals surface area contributed by atoms with Crippen LogP contribution in [-0.4, -0.2) is 41.2 Å². The minimum absolute atomic E-state index is 0.269. The van der Waals surface area contributed by atoms with Crippen LogP contribution in [0.4, 0.5) is 5.69 Å². The van der Waals surface area contributed by atoms with E-state index in [1.807, 2.05) is 19.9 Å². The van der Waals surface area contributed by atoms with E-state index < -0.39 is 36.3 Å². The Morgan fingerprint density at radius 2 is 1.74 bits per heavy atom. The summed E-state index contributed by atoms with van der Waals surface area (Å²) in [6.45, 7) is 3.27. The summed E-state index contributed by atoms with van der Waals surface area (Å²) in [6, 6.07) is 10.8. The predicted molar refractivity (Wildman–Crippen MR) is 119 cm³/mol. The van der Waals surface area contributed by atoms with E-state index in [1.165, 1.54) is 0 Å². The standard InChI is InChI=1S/C23H23BrN2O5/c1-3-4-9-19(26-21(28)16-7-5-6-8-17(16)22(26)29)23(30)31-13-20(27)25-18-11-10-15(24)12-14(18)2/h5-8,10-12,19H,3-4,9,13H2,1-2H3,(H,25,27)/t19-/m0/s1. The fourth-order valence-corrected chi connectivity index (χ4v) is 3.90. The maximum atomic E-state index is 12.8. The van der Waals surface area contributed by atoms with Gasteiger partial charge in [-0.3, -0.25) is 19.3 Å². The molecule has 0 saturated heterocycles. The van der Waals surface area contributed by atoms with Gasteiger partial charge < -0.3 is 10.1 Å². The number of hydrogen-bond donors (Lipinski definition) is 1. The third kappa shape index (κ3) is 5.02. The van der Waals surface area contributed by atoms with Crippen LogP contribution in [0.2, 0.25) is 0 Å². The van der Waals surface area contributed by atoms with E-state index in [1.54, 1.807) is 36.4 Å². The van der Waals surface area contributed by atoms with Gasteiger partial charge in [0.15, 0.2) is 6.61 Å². The van der Waals surface area contributed by atoms with Crippen LogP contribution in [0.3, 0.4) is 0 Å². The number of amides is 3. The number of ether oxygens (including phenoxy) is 1. The normalized spacial score (nSPS) is 13.7. The van der Waals surface area contributed by atoms with Crippen molar-refractivity contribution in [2.45, 2.75) is 39.2 Å². The largest absolute Gasteiger partial charge is 0.454 e. The molecule has 1 aliphatic heterocycles. The van der Waals surface area contributed by atoms with Crippen molar-refractivity contribution in [3.8, 4) is 0 Å². The molecule has 0 radical (unpaired) electrons. The van der Waals surface area contributed by atoms with Crippen molar-refractivity contribution in [3.05, 3.63) is 63.6 Å². The first-order valence-electron chi connectivity index (χ1n) is 10.0. The summed E-state index contributed by atoms with van der Waals surface area (Å²) in [5.41, 5.74) is 1.99. The molecule has 162 valence electrons. The second-order valence-corrected chi connectivity index (χ2v) is 8.21. The minimum Gasteiger partial charge on any atom is -0.454 e. The average molecular weight is 487 g/mol. The number of fused-ring (bicyclic) bond motifs is 1. The van der Waals surface area contributed by atoms with Gasteiger partial charge in [-0.1, -0.05) is 47.8 Å². The Morgan fingerprint density at radius 3 is 2.32 bits per heavy atom. The maximum absolute atomic E-state index is 12.8. The van der Waals surface area contributed by atoms with Crippen LogP contribution in [-0.2, 0) is 14.3 Å². The molecule has 31 heavy (non-hydrogen) atoms. The Kier molecular flexibility index (Phi) is 7.22. The number of carbonyl (C=O) groups is 4. The van der Waals surface area contributed by atoms with E-state index in [4.69, 9.17) is 4.74 Å². The number of imide groups is 1. The number of hydrogen-bond acceptors (Lipinski definition) is 5. The van der Waals surface area contributed by atoms with Gasteiger partial charge in [0.2, 0.25) is 0 Å². The van der Waals surface area contributed by atoms with Crippen molar-refractivity contribution in [3.63, 3.8) is 0 Å². The van der Waals surface area contributed by atoms with Crippen LogP contribution in [0.15, 0.2) is 46.9 Å². The molecule has 7 nitrogen and oxygen atoms in total. The number of esters is 1. The fourth-order valence-electron chi connectivity index (χ4n) is 3.43. The Morgan fingerprint density at radius 1 is 1.10 bits per heavy atom. The van der Waals surface area contributed by atoms with Crippen LogP contribution in [0.25, 0.3) is 0 Å². The third-order valence-electron chi connectivity index (χ3n) is 5.05. The Hall–Kier alpha value is -3.00. The smallest absolute Gasteiger partial charge is 0.329 e. The van der Waals surface area contributed by atoms with Gasteiger partial charge in [0, 0.05) is 10.2 Å². The first kappa shape index (κ1) is 22.7. The predicted octanol–water partition coefficient (Wildman–Crippen LogP) is 4.09. The highest BCUT2D eigenvalue weighted by molar-refractivity contribution is 9.10. The number of benzene rings is 2. The maximum Gasteiger partial charge on any atom is 0.329 e. The van der Waals surface area contributed by atoms with Crippen LogP contribution in [0.1, 0.15) is 52.5 Å². The lowest BCUT2D eigenvalue weighted by Crippen LogP contribution is -2.46. The van der Waals surface area contributed by atoms with Crippen molar-refractivity contribution in [1.82, 2.24) is 4.90 Å². The van der Waals surface area contributed by atoms with Crippen LogP contribution in [0, 0.1) is 6.92 Å². The second-order valence-electron chi connectivity index (χ2n) is 7.30. The van der Waals surface area contributed by atoms with Crippen molar-refractivity contribution in [1.29, 1.82) is 0 Å². The molecule has 0 saturated carbocycles. The monoisotopic (exact) mass is 486 g/mol. The number of unbranched alkanes of at least 4 members (excludes halogenated alkanes) is 1. The number of rotatable bonds is 8. The van der Waals surface area contributed by atoms with E-state index in [0.717, 1.165) is 21.4 Å². The summed E-state index contributed by atoms with van der Waals surface area (Å²) in [7, 11) is 0. The molecule has 0 fully saturated rings. The highest BCUT2D eigenvalue weighted by atomic mass is 79.9. The molecule has 0 unspecified atom stereocenters. The van der Waals surface area contributed by atoms with Gasteiger partial charge in [0.1, 0.15) is 6.04 Å². The Labute approximate surface area is 188 Å². The molecule has 8 heteroatoms. The van der Waals surface area contributed by atoms with Gasteiger partial charge in [-0.25, -0.2) is 4.79 Å². The topological polar surface area (TPSA) is 92.8 Å². The van der Waals surface area contributed by atoms with Crippen LogP contribution < -0.4 is 5.32 Å². The van der Waals surface area contributed by atoms with Crippen LogP contribution >= 0.6 is 15.9 Å². The summed E-state index contributed by atoms with van der Waals surface area (Å²) in [5, 5.41) is 2.69. The van der Waals surface area contributed by atoms with Gasteiger partial charge in [0.25, 0.3) is 17.7 Å². The minimum atomic E-state index is -1.07. The van der Waals surface area contributed by atoms with E-state index >= 15 is 0 Å². The van der Waals surface area contributed by atoms with E-state index in [0.29, 0.717) is 12.1 Å². The van der Waals surface area contributed by atoms with Gasteiger partial charge in [-0.2, -0.15) is 0 Å². The summed E-state index contributed by atoms with van der Waals surface area (Å²) < 4.78 is 6.08. The third-order valence-corrected chi connectivity index (χ3v) is 5.54. The zero-order valence-corrected chi connectivity index (χ0v) is 18.9. The number of nitrogens with one attached hydrogen (secondary N) is 1. The first-order chi connectivity index (χ1) is 14.8. The molecule has 1 aliphatic rings. The van der Waals surface area contributed by atoms with Crippen molar-refractivity contribution >= 4 is 45.3 Å². The van der Waals surface area contributed by atoms with E-state index in [-0.39, 0.29) is 17.5 Å². The zero-order valence-electron chi connectivity index (χ0n) is 17.3. The molecule has 1 atom stereocenters. The summed E-state index contributed by atoms with van der Waals surface area (Å²) in [5.74, 6) is -2.32. The number of halogens is 1. The molecule has 3 amide bonds. The summed E-state index contributed by atoms with van der Waals surface area (Å²) in [4.78, 5) is 51.6. The van der Waals surface area contributed by atoms with Gasteiger partial charge in [-0.15, -0.1) is 0 Å². The fraction of sp³-hybridized carbons (Fsp3) is 0.304. The number of carbonyl (C=O) groups excluding carboxylic acids is 4. The highest BCUT2D eigenvalue weighted by Crippen LogP contribution is 2.27. The van der Waals surface area contributed by atoms with E-state index in [9.17, 15) is 19.2 Å². The molecule has 0 bridgehead atoms. The molecular weight excluding hydrogens is 464 g/mol. The van der Waals surface area contributed by atoms with Gasteiger partial charge in [0.05, 0.1) is 11.1 Å². The average Bonchev–Trinajstić information content (AvgIpc) is 3.00. The molecule has 1 heterocycles. The number of anilines is 1. The first-order valence-corrected chi connectivity index (χ1v) is 10.8. The highest BCUT2D eigenvalue weighted by Gasteiger charge is 2.43. The molecule has 2 aromatic carbocycles. The number of aryl methyl sites for hydroxylation is 1. The quantitative estimate of drug-likeness (QED) is 0.447. The lowest BCUT2D eigenvalue weighted by molar-refractivity contribution is -0.151. The van der Waals surface area contributed by atoms with Gasteiger partial charge in [-0.05, 0) is 49.2 Å². The molecule has 1 N–H and O–H groups in total. The molecule has 3 rings (SSSR count). The zero-order chi connectivity index (χ0) is 22.5. The molecule has 0 aliphatic carbocycles. The van der Waals surface area contributed by atoms with Crippen LogP contribution in [0.5, 0.6) is 0 Å². The SMILES string of the molecule is CCCC[C@@H](C(=O)OCC(=O)Nc1ccc(Br)cc1C)N1C(=O)c2ccccc2C1=O. The number of nitrogens with zero attached hydrogens (tertiary/aromatic N) is 1. The Bertz CT molecular complexity index is 1000. The Balaban J connectivity index is 1.68.